The first-order chi connectivity index (χ1) is 26.4. The molecule has 0 unspecified atom stereocenters. The first kappa shape index (κ1) is 36.0. The van der Waals surface area contributed by atoms with Gasteiger partial charge in [0.05, 0.1) is 34.1 Å². The van der Waals surface area contributed by atoms with E-state index >= 15 is 0 Å². The molecule has 8 rings (SSSR count). The Labute approximate surface area is 320 Å². The lowest BCUT2D eigenvalue weighted by Gasteiger charge is -2.40. The molecule has 2 saturated carbocycles. The van der Waals surface area contributed by atoms with Gasteiger partial charge in [0.15, 0.2) is 11.5 Å². The minimum Gasteiger partial charge on any atom is -0.497 e. The molecule has 7 nitrogen and oxygen atoms in total. The number of rotatable bonds is 14. The number of nitrogens with zero attached hydrogens (tertiary/aromatic N) is 3. The molecule has 3 aliphatic rings. The summed E-state index contributed by atoms with van der Waals surface area (Å²) in [6, 6.07) is 31.4. The highest BCUT2D eigenvalue weighted by Crippen LogP contribution is 2.49. The second-order valence-corrected chi connectivity index (χ2v) is 15.3. The Morgan fingerprint density at radius 2 is 1.35 bits per heavy atom. The van der Waals surface area contributed by atoms with E-state index in [1.54, 1.807) is 28.4 Å². The van der Waals surface area contributed by atoms with Crippen molar-refractivity contribution in [2.24, 2.45) is 0 Å². The van der Waals surface area contributed by atoms with Gasteiger partial charge in [-0.2, -0.15) is 0 Å². The highest BCUT2D eigenvalue weighted by Gasteiger charge is 2.30. The summed E-state index contributed by atoms with van der Waals surface area (Å²) in [6.45, 7) is 6.03. The lowest BCUT2D eigenvalue weighted by Crippen LogP contribution is -2.44. The van der Waals surface area contributed by atoms with Crippen molar-refractivity contribution in [1.82, 2.24) is 9.88 Å². The van der Waals surface area contributed by atoms with Gasteiger partial charge in [-0.05, 0) is 151 Å². The summed E-state index contributed by atoms with van der Waals surface area (Å²) >= 11 is 0. The van der Waals surface area contributed by atoms with Crippen molar-refractivity contribution in [2.45, 2.75) is 76.4 Å². The van der Waals surface area contributed by atoms with Gasteiger partial charge in [-0.1, -0.05) is 24.3 Å². The van der Waals surface area contributed by atoms with Gasteiger partial charge >= 0.3 is 0 Å². The maximum Gasteiger partial charge on any atom is 0.164 e. The van der Waals surface area contributed by atoms with Crippen LogP contribution >= 0.6 is 0 Å². The van der Waals surface area contributed by atoms with Gasteiger partial charge in [0.25, 0.3) is 0 Å². The Bertz CT molecular complexity index is 2080. The van der Waals surface area contributed by atoms with E-state index in [9.17, 15) is 0 Å². The lowest BCUT2D eigenvalue weighted by atomic mass is 9.95. The van der Waals surface area contributed by atoms with Gasteiger partial charge in [-0.3, -0.25) is 9.88 Å². The standard InChI is InChI=1S/C47H53N3O4/c1-31-42(34-9-10-34)25-37(27-45(31)52-3)36-8-6-7-32(23-36)29-49-21-18-40(19-22-49)50(39-13-15-41(51-2)16-14-39)30-33-17-20-48-44(24-33)38-26-43(35-11-12-35)47(54-5)46(28-38)53-4/h6-8,13-17,20,23-28,34-35,40H,9-12,18-19,21-22,29-30H2,1-5H3. The molecular weight excluding hydrogens is 671 g/mol. The van der Waals surface area contributed by atoms with Crippen LogP contribution in [0.3, 0.4) is 0 Å². The number of aromatic nitrogens is 1. The van der Waals surface area contributed by atoms with Crippen LogP contribution in [-0.2, 0) is 13.1 Å². The van der Waals surface area contributed by atoms with E-state index in [0.29, 0.717) is 17.9 Å². The molecule has 1 aliphatic heterocycles. The van der Waals surface area contributed by atoms with Crippen LogP contribution in [0.5, 0.6) is 23.0 Å². The first-order valence-corrected chi connectivity index (χ1v) is 19.6. The zero-order valence-corrected chi connectivity index (χ0v) is 32.4. The minimum absolute atomic E-state index is 0.404. The molecular formula is C47H53N3O4. The SMILES string of the molecule is COc1ccc(N(Cc2ccnc(-c3cc(OC)c(OC)c(C4CC4)c3)c2)C2CCN(Cc3cccc(-c4cc(OC)c(C)c(C5CC5)c4)c3)CC2)cc1. The van der Waals surface area contributed by atoms with Crippen LogP contribution in [0.1, 0.15) is 78.2 Å². The van der Waals surface area contributed by atoms with Crippen molar-refractivity contribution >= 4 is 5.69 Å². The molecule has 1 saturated heterocycles. The molecule has 0 radical (unpaired) electrons. The Balaban J connectivity index is 0.993. The third-order valence-electron chi connectivity index (χ3n) is 11.7. The van der Waals surface area contributed by atoms with Gasteiger partial charge < -0.3 is 23.8 Å². The summed E-state index contributed by atoms with van der Waals surface area (Å²) in [5, 5.41) is 0. The minimum atomic E-state index is 0.404. The van der Waals surface area contributed by atoms with Crippen LogP contribution in [0.4, 0.5) is 5.69 Å². The summed E-state index contributed by atoms with van der Waals surface area (Å²) in [5.41, 5.74) is 12.3. The monoisotopic (exact) mass is 723 g/mol. The highest BCUT2D eigenvalue weighted by atomic mass is 16.5. The third kappa shape index (κ3) is 7.78. The number of likely N-dealkylation sites (tertiary alicyclic amines) is 1. The van der Waals surface area contributed by atoms with E-state index in [1.165, 1.54) is 70.3 Å². The van der Waals surface area contributed by atoms with Crippen molar-refractivity contribution in [3.8, 4) is 45.4 Å². The highest BCUT2D eigenvalue weighted by molar-refractivity contribution is 5.70. The van der Waals surface area contributed by atoms with Gasteiger partial charge in [0, 0.05) is 55.2 Å². The molecule has 280 valence electrons. The van der Waals surface area contributed by atoms with E-state index in [0.717, 1.165) is 73.3 Å². The predicted molar refractivity (Wildman–Crippen MR) is 217 cm³/mol. The normalized spacial score (nSPS) is 16.2. The summed E-state index contributed by atoms with van der Waals surface area (Å²) in [5.74, 6) is 4.68. The van der Waals surface area contributed by atoms with Gasteiger partial charge in [-0.15, -0.1) is 0 Å². The summed E-state index contributed by atoms with van der Waals surface area (Å²) in [7, 11) is 6.95. The molecule has 4 aromatic carbocycles. The molecule has 0 bridgehead atoms. The number of methoxy groups -OCH3 is 4. The topological polar surface area (TPSA) is 56.3 Å². The maximum atomic E-state index is 5.81. The number of hydrogen-bond acceptors (Lipinski definition) is 7. The van der Waals surface area contributed by atoms with Crippen molar-refractivity contribution in [1.29, 1.82) is 0 Å². The molecule has 3 fully saturated rings. The van der Waals surface area contributed by atoms with Crippen LogP contribution in [0.15, 0.2) is 91.1 Å². The average Bonchev–Trinajstić information content (AvgIpc) is 4.15. The lowest BCUT2D eigenvalue weighted by molar-refractivity contribution is 0.201. The third-order valence-corrected chi connectivity index (χ3v) is 11.7. The predicted octanol–water partition coefficient (Wildman–Crippen LogP) is 10.2. The number of anilines is 1. The largest absolute Gasteiger partial charge is 0.497 e. The molecule has 0 amide bonds. The van der Waals surface area contributed by atoms with Crippen LogP contribution in [0.25, 0.3) is 22.4 Å². The van der Waals surface area contributed by atoms with Crippen LogP contribution in [0, 0.1) is 6.92 Å². The fraction of sp³-hybridized carbons (Fsp3) is 0.383. The molecule has 54 heavy (non-hydrogen) atoms. The van der Waals surface area contributed by atoms with Crippen LogP contribution in [0.2, 0.25) is 0 Å². The molecule has 5 aromatic rings. The first-order valence-electron chi connectivity index (χ1n) is 19.6. The Morgan fingerprint density at radius 1 is 0.648 bits per heavy atom. The molecule has 2 heterocycles. The molecule has 7 heteroatoms. The zero-order valence-electron chi connectivity index (χ0n) is 32.4. The second-order valence-electron chi connectivity index (χ2n) is 15.3. The van der Waals surface area contributed by atoms with Crippen molar-refractivity contribution in [3.63, 3.8) is 0 Å². The van der Waals surface area contributed by atoms with Gasteiger partial charge in [-0.25, -0.2) is 0 Å². The number of hydrogen-bond donors (Lipinski definition) is 0. The van der Waals surface area contributed by atoms with Gasteiger partial charge in [0.2, 0.25) is 0 Å². The molecule has 0 spiro atoms. The summed E-state index contributed by atoms with van der Waals surface area (Å²) < 4.78 is 22.9. The van der Waals surface area contributed by atoms with E-state index in [1.807, 2.05) is 6.20 Å². The van der Waals surface area contributed by atoms with Crippen molar-refractivity contribution < 1.29 is 18.9 Å². The molecule has 0 atom stereocenters. The average molecular weight is 724 g/mol. The van der Waals surface area contributed by atoms with Gasteiger partial charge in [0.1, 0.15) is 11.5 Å². The summed E-state index contributed by atoms with van der Waals surface area (Å²) in [4.78, 5) is 10.0. The smallest absolute Gasteiger partial charge is 0.164 e. The van der Waals surface area contributed by atoms with E-state index in [-0.39, 0.29) is 0 Å². The van der Waals surface area contributed by atoms with Crippen molar-refractivity contribution in [2.75, 3.05) is 46.4 Å². The fourth-order valence-corrected chi connectivity index (χ4v) is 8.37. The molecule has 1 aromatic heterocycles. The molecule has 2 aliphatic carbocycles. The number of ether oxygens (including phenoxy) is 4. The van der Waals surface area contributed by atoms with E-state index in [4.69, 9.17) is 23.9 Å². The quantitative estimate of drug-likeness (QED) is 0.113. The van der Waals surface area contributed by atoms with E-state index < -0.39 is 0 Å². The fourth-order valence-electron chi connectivity index (χ4n) is 8.37. The number of piperidine rings is 1. The van der Waals surface area contributed by atoms with Crippen molar-refractivity contribution in [3.05, 3.63) is 119 Å². The Hall–Kier alpha value is -5.01. The summed E-state index contributed by atoms with van der Waals surface area (Å²) in [6.07, 6.45) is 9.05. The number of benzene rings is 4. The van der Waals surface area contributed by atoms with Crippen LogP contribution in [-0.4, -0.2) is 57.5 Å². The van der Waals surface area contributed by atoms with E-state index in [2.05, 4.69) is 102 Å². The van der Waals surface area contributed by atoms with Crippen LogP contribution < -0.4 is 23.8 Å². The molecule has 0 N–H and O–H groups in total. The Morgan fingerprint density at radius 3 is 2.04 bits per heavy atom. The second kappa shape index (κ2) is 15.8. The number of pyridine rings is 1. The zero-order chi connectivity index (χ0) is 37.2. The maximum absolute atomic E-state index is 5.81. The Kier molecular flexibility index (Phi) is 10.5.